The van der Waals surface area contributed by atoms with Gasteiger partial charge in [0.15, 0.2) is 0 Å². The van der Waals surface area contributed by atoms with Crippen molar-refractivity contribution in [3.63, 3.8) is 0 Å². The van der Waals surface area contributed by atoms with Crippen molar-refractivity contribution in [2.24, 2.45) is 7.05 Å². The molecule has 0 aliphatic rings. The van der Waals surface area contributed by atoms with Gasteiger partial charge in [0.05, 0.1) is 33.6 Å². The van der Waals surface area contributed by atoms with Crippen molar-refractivity contribution in [3.8, 4) is 6.07 Å². The number of nitrogens with zero attached hydrogens (tertiary/aromatic N) is 3. The van der Waals surface area contributed by atoms with Gasteiger partial charge in [0, 0.05) is 13.5 Å². The lowest BCUT2D eigenvalue weighted by Crippen LogP contribution is -2.25. The average molecular weight is 304 g/mol. The molecule has 0 bridgehead atoms. The highest BCUT2D eigenvalue weighted by Gasteiger charge is 2.27. The van der Waals surface area contributed by atoms with E-state index in [-0.39, 0.29) is 0 Å². The van der Waals surface area contributed by atoms with Gasteiger partial charge in [0.2, 0.25) is 0 Å². The second-order valence-corrected chi connectivity index (χ2v) is 5.71. The van der Waals surface area contributed by atoms with Crippen LogP contribution in [0.25, 0.3) is 0 Å². The van der Waals surface area contributed by atoms with Crippen LogP contribution < -0.4 is 0 Å². The van der Waals surface area contributed by atoms with Gasteiger partial charge in [-0.2, -0.15) is 10.4 Å². The molecule has 110 valence electrons. The van der Waals surface area contributed by atoms with Gasteiger partial charge in [-0.25, -0.2) is 0 Å². The highest BCUT2D eigenvalue weighted by Crippen LogP contribution is 2.30. The van der Waals surface area contributed by atoms with Crippen molar-refractivity contribution in [2.75, 3.05) is 0 Å². The third kappa shape index (κ3) is 3.10. The van der Waals surface area contributed by atoms with E-state index in [1.54, 1.807) is 29.8 Å². The highest BCUT2D eigenvalue weighted by molar-refractivity contribution is 6.31. The van der Waals surface area contributed by atoms with Gasteiger partial charge in [-0.05, 0) is 31.0 Å². The van der Waals surface area contributed by atoms with Crippen LogP contribution in [0.5, 0.6) is 0 Å². The van der Waals surface area contributed by atoms with E-state index in [2.05, 4.69) is 11.2 Å². The summed E-state index contributed by atoms with van der Waals surface area (Å²) in [6, 6.07) is 9.08. The largest absolute Gasteiger partial charge is 0.385 e. The second-order valence-electron chi connectivity index (χ2n) is 5.33. The first-order chi connectivity index (χ1) is 9.89. The zero-order valence-corrected chi connectivity index (χ0v) is 13.1. The van der Waals surface area contributed by atoms with Crippen molar-refractivity contribution in [3.05, 3.63) is 51.8 Å². The fraction of sp³-hybridized carbons (Fsp3) is 0.375. The average Bonchev–Trinajstić information content (AvgIpc) is 2.74. The molecule has 21 heavy (non-hydrogen) atoms. The van der Waals surface area contributed by atoms with Gasteiger partial charge in [0.25, 0.3) is 0 Å². The summed E-state index contributed by atoms with van der Waals surface area (Å²) in [4.78, 5) is 0. The molecule has 0 saturated carbocycles. The van der Waals surface area contributed by atoms with E-state index in [1.165, 1.54) is 0 Å². The molecule has 1 N–H and O–H groups in total. The lowest BCUT2D eigenvalue weighted by molar-refractivity contribution is 0.0556. The monoisotopic (exact) mass is 303 g/mol. The smallest absolute Gasteiger partial charge is 0.0991 e. The topological polar surface area (TPSA) is 61.8 Å². The fourth-order valence-corrected chi connectivity index (χ4v) is 2.72. The van der Waals surface area contributed by atoms with Crippen molar-refractivity contribution in [1.29, 1.82) is 5.26 Å². The Morgan fingerprint density at radius 1 is 1.48 bits per heavy atom. The zero-order chi connectivity index (χ0) is 15.6. The van der Waals surface area contributed by atoms with Crippen molar-refractivity contribution < 1.29 is 5.11 Å². The van der Waals surface area contributed by atoms with Gasteiger partial charge in [0.1, 0.15) is 0 Å². The molecule has 0 radical (unpaired) electrons. The lowest BCUT2D eigenvalue weighted by atomic mass is 9.90. The van der Waals surface area contributed by atoms with Crippen LogP contribution in [-0.4, -0.2) is 14.9 Å². The van der Waals surface area contributed by atoms with Crippen LogP contribution in [-0.2, 0) is 25.5 Å². The summed E-state index contributed by atoms with van der Waals surface area (Å²) in [7, 11) is 1.82. The number of hydrogen-bond acceptors (Lipinski definition) is 3. The molecule has 4 nitrogen and oxygen atoms in total. The first-order valence-corrected chi connectivity index (χ1v) is 7.20. The summed E-state index contributed by atoms with van der Waals surface area (Å²) in [5, 5.41) is 24.7. The van der Waals surface area contributed by atoms with Gasteiger partial charge in [-0.15, -0.1) is 0 Å². The minimum atomic E-state index is -1.12. The van der Waals surface area contributed by atoms with Crippen molar-refractivity contribution >= 4 is 11.6 Å². The number of benzene rings is 1. The van der Waals surface area contributed by atoms with Crippen LogP contribution in [0.4, 0.5) is 0 Å². The predicted molar refractivity (Wildman–Crippen MR) is 82.0 cm³/mol. The Morgan fingerprint density at radius 3 is 2.76 bits per heavy atom. The first-order valence-electron chi connectivity index (χ1n) is 6.82. The number of aryl methyl sites for hydroxylation is 2. The number of halogens is 1. The Balaban J connectivity index is 2.37. The van der Waals surface area contributed by atoms with Crippen LogP contribution in [0, 0.1) is 11.3 Å². The molecule has 1 aromatic carbocycles. The molecular formula is C16H18ClN3O. The van der Waals surface area contributed by atoms with Gasteiger partial charge in [-0.1, -0.05) is 30.7 Å². The maximum atomic E-state index is 10.8. The maximum Gasteiger partial charge on any atom is 0.0991 e. The summed E-state index contributed by atoms with van der Waals surface area (Å²) in [6.45, 7) is 3.71. The predicted octanol–water partition coefficient (Wildman–Crippen LogP) is 2.96. The van der Waals surface area contributed by atoms with Crippen LogP contribution >= 0.6 is 11.6 Å². The minimum Gasteiger partial charge on any atom is -0.385 e. The molecule has 1 aromatic heterocycles. The van der Waals surface area contributed by atoms with E-state index in [0.717, 1.165) is 17.8 Å². The van der Waals surface area contributed by atoms with Crippen LogP contribution in [0.2, 0.25) is 5.02 Å². The van der Waals surface area contributed by atoms with Gasteiger partial charge >= 0.3 is 0 Å². The van der Waals surface area contributed by atoms with Crippen LogP contribution in [0.3, 0.4) is 0 Å². The second kappa shape index (κ2) is 5.88. The summed E-state index contributed by atoms with van der Waals surface area (Å²) < 4.78 is 1.71. The fourth-order valence-electron chi connectivity index (χ4n) is 2.36. The molecule has 0 aliphatic carbocycles. The number of hydrogen-bond donors (Lipinski definition) is 1. The molecule has 0 amide bonds. The quantitative estimate of drug-likeness (QED) is 0.944. The zero-order valence-electron chi connectivity index (χ0n) is 12.4. The third-order valence-electron chi connectivity index (χ3n) is 3.63. The molecule has 0 fully saturated rings. The third-order valence-corrected chi connectivity index (χ3v) is 4.06. The summed E-state index contributed by atoms with van der Waals surface area (Å²) >= 11 is 6.34. The number of aromatic nitrogens is 2. The maximum absolute atomic E-state index is 10.8. The Hall–Kier alpha value is -1.83. The highest BCUT2D eigenvalue weighted by atomic mass is 35.5. The molecule has 1 heterocycles. The Bertz CT molecular complexity index is 698. The molecule has 1 unspecified atom stereocenters. The first kappa shape index (κ1) is 15.6. The van der Waals surface area contributed by atoms with E-state index in [1.807, 2.05) is 20.0 Å². The SMILES string of the molecule is CCc1nn(C)c(CC(C)(O)c2cccc(C#N)c2)c1Cl. The van der Waals surface area contributed by atoms with Gasteiger partial charge in [-0.3, -0.25) is 4.68 Å². The van der Waals surface area contributed by atoms with E-state index < -0.39 is 5.60 Å². The number of rotatable bonds is 4. The van der Waals surface area contributed by atoms with E-state index in [4.69, 9.17) is 16.9 Å². The Kier molecular flexibility index (Phi) is 4.36. The Morgan fingerprint density at radius 2 is 2.19 bits per heavy atom. The molecule has 2 aromatic rings. The van der Waals surface area contributed by atoms with Crippen LogP contribution in [0.15, 0.2) is 24.3 Å². The Labute approximate surface area is 129 Å². The van der Waals surface area contributed by atoms with Crippen molar-refractivity contribution in [1.82, 2.24) is 9.78 Å². The molecule has 2 rings (SSSR count). The molecule has 0 aliphatic heterocycles. The van der Waals surface area contributed by atoms with E-state index in [9.17, 15) is 5.11 Å². The lowest BCUT2D eigenvalue weighted by Gasteiger charge is -2.24. The molecular weight excluding hydrogens is 286 g/mol. The minimum absolute atomic E-state index is 0.338. The molecule has 0 saturated heterocycles. The molecule has 1 atom stereocenters. The van der Waals surface area contributed by atoms with E-state index >= 15 is 0 Å². The van der Waals surface area contributed by atoms with Gasteiger partial charge < -0.3 is 5.11 Å². The number of aliphatic hydroxyl groups is 1. The number of nitriles is 1. The molecule has 5 heteroatoms. The van der Waals surface area contributed by atoms with Crippen molar-refractivity contribution in [2.45, 2.75) is 32.3 Å². The van der Waals surface area contributed by atoms with Crippen LogP contribution in [0.1, 0.15) is 36.4 Å². The standard InChI is InChI=1S/C16H18ClN3O/c1-4-13-15(17)14(20(3)19-13)9-16(2,21)12-7-5-6-11(8-12)10-18/h5-8,21H,4,9H2,1-3H3. The summed E-state index contributed by atoms with van der Waals surface area (Å²) in [5.41, 5.74) is 1.72. The summed E-state index contributed by atoms with van der Waals surface area (Å²) in [5.74, 6) is 0. The molecule has 0 spiro atoms. The summed E-state index contributed by atoms with van der Waals surface area (Å²) in [6.07, 6.45) is 1.09. The van der Waals surface area contributed by atoms with E-state index in [0.29, 0.717) is 22.6 Å². The normalized spacial score (nSPS) is 13.7.